The number of anilines is 6. The van der Waals surface area contributed by atoms with Crippen molar-refractivity contribution < 1.29 is 9.52 Å². The van der Waals surface area contributed by atoms with Gasteiger partial charge in [-0.15, -0.1) is 0 Å². The average Bonchev–Trinajstić information content (AvgIpc) is 3.80. The minimum atomic E-state index is 0.215. The van der Waals surface area contributed by atoms with Crippen molar-refractivity contribution in [2.75, 3.05) is 9.80 Å². The van der Waals surface area contributed by atoms with Crippen LogP contribution in [-0.2, 0) is 0 Å². The summed E-state index contributed by atoms with van der Waals surface area (Å²) in [6.07, 6.45) is 0. The largest absolute Gasteiger partial charge is 0.505 e. The van der Waals surface area contributed by atoms with Crippen LogP contribution < -0.4 is 9.80 Å². The van der Waals surface area contributed by atoms with E-state index in [2.05, 4.69) is 249 Å². The van der Waals surface area contributed by atoms with Crippen LogP contribution in [0.4, 0.5) is 34.1 Å². The first-order valence-corrected chi connectivity index (χ1v) is 24.3. The van der Waals surface area contributed by atoms with Gasteiger partial charge in [-0.1, -0.05) is 187 Å². The van der Waals surface area contributed by atoms with Gasteiger partial charge in [-0.2, -0.15) is 0 Å². The molecule has 0 saturated heterocycles. The second-order valence-electron chi connectivity index (χ2n) is 18.8. The molecule has 0 bridgehead atoms. The molecule has 0 spiro atoms. The Morgan fingerprint density at radius 3 is 1.46 bits per heavy atom. The van der Waals surface area contributed by atoms with Crippen LogP contribution in [0.3, 0.4) is 0 Å². The molecule has 0 atom stereocenters. The van der Waals surface area contributed by atoms with Gasteiger partial charge in [0.25, 0.3) is 0 Å². The summed E-state index contributed by atoms with van der Waals surface area (Å²) in [6.45, 7) is 6.38. The highest BCUT2D eigenvalue weighted by Gasteiger charge is 2.26. The third kappa shape index (κ3) is 6.98. The first-order valence-electron chi connectivity index (χ1n) is 24.3. The van der Waals surface area contributed by atoms with E-state index in [-0.39, 0.29) is 5.75 Å². The minimum absolute atomic E-state index is 0.215. The zero-order chi connectivity index (χ0) is 47.7. The Kier molecular flexibility index (Phi) is 9.96. The molecule has 0 aliphatic carbocycles. The monoisotopic (exact) mass is 912 g/mol. The number of phenols is 1. The predicted octanol–water partition coefficient (Wildman–Crippen LogP) is 19.1. The maximum Gasteiger partial charge on any atom is 0.159 e. The highest BCUT2D eigenvalue weighted by molar-refractivity contribution is 6.28. The number of fused-ring (bicyclic) bond motifs is 3. The van der Waals surface area contributed by atoms with Crippen LogP contribution in [0.25, 0.3) is 87.6 Å². The zero-order valence-corrected chi connectivity index (χ0v) is 39.7. The van der Waals surface area contributed by atoms with Crippen molar-refractivity contribution in [3.8, 4) is 39.1 Å². The number of benzene rings is 12. The number of phenolic OH excluding ortho intramolecular Hbond substituents is 1. The average molecular weight is 913 g/mol. The molecule has 1 aromatic heterocycles. The van der Waals surface area contributed by atoms with Crippen LogP contribution in [0, 0.1) is 20.8 Å². The summed E-state index contributed by atoms with van der Waals surface area (Å²) in [6, 6.07) is 81.8. The van der Waals surface area contributed by atoms with E-state index < -0.39 is 0 Å². The molecule has 338 valence electrons. The molecule has 0 radical (unpaired) electrons. The van der Waals surface area contributed by atoms with E-state index in [9.17, 15) is 5.11 Å². The minimum Gasteiger partial charge on any atom is -0.505 e. The predicted molar refractivity (Wildman–Crippen MR) is 299 cm³/mol. The molecule has 13 rings (SSSR count). The molecule has 0 fully saturated rings. The van der Waals surface area contributed by atoms with Crippen molar-refractivity contribution in [2.45, 2.75) is 20.8 Å². The summed E-state index contributed by atoms with van der Waals surface area (Å²) < 4.78 is 7.08. The van der Waals surface area contributed by atoms with Gasteiger partial charge in [-0.05, 0) is 125 Å². The van der Waals surface area contributed by atoms with Gasteiger partial charge in [0.2, 0.25) is 0 Å². The van der Waals surface area contributed by atoms with Gasteiger partial charge in [-0.25, -0.2) is 0 Å². The summed E-state index contributed by atoms with van der Waals surface area (Å²) in [5, 5.41) is 21.6. The van der Waals surface area contributed by atoms with Crippen molar-refractivity contribution in [3.63, 3.8) is 0 Å². The second-order valence-corrected chi connectivity index (χ2v) is 18.8. The molecule has 4 nitrogen and oxygen atoms in total. The van der Waals surface area contributed by atoms with Crippen LogP contribution in [0.1, 0.15) is 16.7 Å². The van der Waals surface area contributed by atoms with E-state index in [1.807, 2.05) is 12.1 Å². The Morgan fingerprint density at radius 2 is 0.817 bits per heavy atom. The molecule has 4 heteroatoms. The number of para-hydroxylation sites is 3. The first-order chi connectivity index (χ1) is 34.9. The molecule has 0 amide bonds. The Morgan fingerprint density at radius 1 is 0.338 bits per heavy atom. The quantitative estimate of drug-likeness (QED) is 0.147. The van der Waals surface area contributed by atoms with Gasteiger partial charge in [-0.3, -0.25) is 0 Å². The normalized spacial score (nSPS) is 11.6. The van der Waals surface area contributed by atoms with Gasteiger partial charge in [0, 0.05) is 44.0 Å². The molecule has 13 aromatic rings. The van der Waals surface area contributed by atoms with Crippen LogP contribution in [0.15, 0.2) is 235 Å². The Hall–Kier alpha value is -9.12. The Labute approximate surface area is 412 Å². The molecule has 12 aromatic carbocycles. The molecule has 0 unspecified atom stereocenters. The highest BCUT2D eigenvalue weighted by atomic mass is 16.3. The number of hydrogen-bond acceptors (Lipinski definition) is 4. The Bertz CT molecular complexity index is 4150. The Balaban J connectivity index is 1.02. The standard InChI is InChI=1S/C67H48N2O2/c1-42-25-33-50(34-26-42)68(61-23-11-19-53(65(61)70)49-17-9-16-48(41-49)52-18-8-7-13-44(52)3)59-39-31-46-30-38-58-60(40-32-47-29-37-57(59)63(46)64(47)58)69(51-35-27-43(2)28-36-51)62-24-12-22-56-55-21-10-20-54(66(55)71-67(56)62)45-14-5-4-6-15-45/h4-41,70H,1-3H3. The van der Waals surface area contributed by atoms with E-state index in [0.29, 0.717) is 5.69 Å². The fourth-order valence-corrected chi connectivity index (χ4v) is 10.9. The summed E-state index contributed by atoms with van der Waals surface area (Å²) >= 11 is 0. The van der Waals surface area contributed by atoms with Gasteiger partial charge in [0.05, 0.1) is 22.7 Å². The zero-order valence-electron chi connectivity index (χ0n) is 39.7. The van der Waals surface area contributed by atoms with Gasteiger partial charge in [0.1, 0.15) is 11.3 Å². The van der Waals surface area contributed by atoms with E-state index in [1.165, 1.54) is 22.1 Å². The number of aryl methyl sites for hydroxylation is 3. The van der Waals surface area contributed by atoms with Gasteiger partial charge >= 0.3 is 0 Å². The summed E-state index contributed by atoms with van der Waals surface area (Å²) in [5.74, 6) is 0.215. The lowest BCUT2D eigenvalue weighted by atomic mass is 9.91. The third-order valence-electron chi connectivity index (χ3n) is 14.4. The van der Waals surface area contributed by atoms with Crippen molar-refractivity contribution in [1.82, 2.24) is 0 Å². The topological polar surface area (TPSA) is 39.9 Å². The van der Waals surface area contributed by atoms with Crippen molar-refractivity contribution >= 4 is 88.4 Å². The van der Waals surface area contributed by atoms with Crippen molar-refractivity contribution in [2.24, 2.45) is 0 Å². The lowest BCUT2D eigenvalue weighted by Gasteiger charge is -2.30. The number of hydrogen-bond donors (Lipinski definition) is 1. The maximum absolute atomic E-state index is 12.6. The highest BCUT2D eigenvalue weighted by Crippen LogP contribution is 2.51. The summed E-state index contributed by atoms with van der Waals surface area (Å²) in [5.41, 5.74) is 17.1. The second kappa shape index (κ2) is 16.8. The third-order valence-corrected chi connectivity index (χ3v) is 14.4. The van der Waals surface area contributed by atoms with Crippen molar-refractivity contribution in [3.05, 3.63) is 247 Å². The molecule has 0 saturated carbocycles. The smallest absolute Gasteiger partial charge is 0.159 e. The molecule has 1 N–H and O–H groups in total. The summed E-state index contributed by atoms with van der Waals surface area (Å²) in [7, 11) is 0. The van der Waals surface area contributed by atoms with Gasteiger partial charge < -0.3 is 19.3 Å². The number of nitrogens with zero attached hydrogens (tertiary/aromatic N) is 2. The summed E-state index contributed by atoms with van der Waals surface area (Å²) in [4.78, 5) is 4.59. The van der Waals surface area contributed by atoms with E-state index in [0.717, 1.165) is 111 Å². The molecular weight excluding hydrogens is 865 g/mol. The number of rotatable bonds is 9. The number of furan rings is 1. The molecule has 71 heavy (non-hydrogen) atoms. The molecular formula is C67H48N2O2. The lowest BCUT2D eigenvalue weighted by molar-refractivity contribution is 0.478. The molecule has 1 heterocycles. The maximum atomic E-state index is 12.6. The molecule has 0 aliphatic heterocycles. The van der Waals surface area contributed by atoms with Crippen LogP contribution in [-0.4, -0.2) is 5.11 Å². The van der Waals surface area contributed by atoms with E-state index in [1.54, 1.807) is 0 Å². The fourth-order valence-electron chi connectivity index (χ4n) is 10.9. The lowest BCUT2D eigenvalue weighted by Crippen LogP contribution is -2.12. The first kappa shape index (κ1) is 42.0. The molecule has 0 aliphatic rings. The van der Waals surface area contributed by atoms with E-state index in [4.69, 9.17) is 4.42 Å². The van der Waals surface area contributed by atoms with Crippen LogP contribution in [0.5, 0.6) is 5.75 Å². The van der Waals surface area contributed by atoms with Crippen LogP contribution in [0.2, 0.25) is 0 Å². The SMILES string of the molecule is Cc1ccc(N(c2cccc(-c3cccc(-c4ccccc4C)c3)c2O)c2ccc3ccc4c(N(c5ccc(C)cc5)c5cccc6c5oc5c(-c7ccccc7)cccc56)ccc5ccc2c3c54)cc1. The van der Waals surface area contributed by atoms with E-state index >= 15 is 0 Å². The van der Waals surface area contributed by atoms with Gasteiger partial charge in [0.15, 0.2) is 5.58 Å². The van der Waals surface area contributed by atoms with Crippen LogP contribution >= 0.6 is 0 Å². The van der Waals surface area contributed by atoms with Crippen molar-refractivity contribution in [1.29, 1.82) is 0 Å². The number of aromatic hydroxyl groups is 1. The fraction of sp³-hybridized carbons (Fsp3) is 0.0448.